The Labute approximate surface area is 163 Å². The van der Waals surface area contributed by atoms with Crippen molar-refractivity contribution in [2.24, 2.45) is 10.4 Å². The second-order valence-corrected chi connectivity index (χ2v) is 7.66. The summed E-state index contributed by atoms with van der Waals surface area (Å²) in [4.78, 5) is 11.2. The second kappa shape index (κ2) is 7.86. The number of guanidine groups is 1. The van der Waals surface area contributed by atoms with Gasteiger partial charge in [0, 0.05) is 55.7 Å². The average molecular weight is 390 g/mol. The molecule has 0 aliphatic carbocycles. The zero-order valence-electron chi connectivity index (χ0n) is 15.4. The molecular formula is C19H24ClN5O2. The first kappa shape index (κ1) is 18.3. The van der Waals surface area contributed by atoms with Gasteiger partial charge in [0.2, 0.25) is 11.7 Å². The normalized spacial score (nSPS) is 22.7. The van der Waals surface area contributed by atoms with Crippen LogP contribution in [-0.4, -0.2) is 60.9 Å². The van der Waals surface area contributed by atoms with Crippen molar-refractivity contribution in [1.82, 2.24) is 20.4 Å². The molecule has 1 spiro atoms. The summed E-state index contributed by atoms with van der Waals surface area (Å²) in [6.45, 7) is 4.46. The lowest BCUT2D eigenvalue weighted by Gasteiger charge is -2.24. The van der Waals surface area contributed by atoms with Crippen LogP contribution in [0, 0.1) is 5.41 Å². The molecule has 1 atom stereocenters. The van der Waals surface area contributed by atoms with Crippen molar-refractivity contribution in [2.45, 2.75) is 19.3 Å². The molecule has 0 radical (unpaired) electrons. The van der Waals surface area contributed by atoms with Gasteiger partial charge in [-0.1, -0.05) is 28.9 Å². The van der Waals surface area contributed by atoms with Gasteiger partial charge in [-0.25, -0.2) is 0 Å². The van der Waals surface area contributed by atoms with Gasteiger partial charge in [0.15, 0.2) is 5.96 Å². The Morgan fingerprint density at radius 3 is 3.11 bits per heavy atom. The number of hydrogen-bond donors (Lipinski definition) is 1. The monoisotopic (exact) mass is 389 g/mol. The number of ether oxygens (including phenoxy) is 1. The summed E-state index contributed by atoms with van der Waals surface area (Å²) in [7, 11) is 1.82. The largest absolute Gasteiger partial charge is 0.381 e. The summed E-state index contributed by atoms with van der Waals surface area (Å²) in [6, 6.07) is 7.43. The number of nitrogens with zero attached hydrogens (tertiary/aromatic N) is 4. The number of benzene rings is 1. The molecule has 3 heterocycles. The topological polar surface area (TPSA) is 75.8 Å². The Kier molecular flexibility index (Phi) is 5.31. The first-order chi connectivity index (χ1) is 13.2. The third kappa shape index (κ3) is 4.09. The van der Waals surface area contributed by atoms with Gasteiger partial charge in [0.05, 0.1) is 6.61 Å². The maximum absolute atomic E-state index is 6.02. The van der Waals surface area contributed by atoms with E-state index in [2.05, 4.69) is 25.3 Å². The first-order valence-electron chi connectivity index (χ1n) is 9.29. The molecule has 1 aromatic carbocycles. The minimum Gasteiger partial charge on any atom is -0.381 e. The molecule has 8 heteroatoms. The molecule has 0 bridgehead atoms. The molecule has 2 fully saturated rings. The van der Waals surface area contributed by atoms with E-state index in [1.165, 1.54) is 6.42 Å². The molecule has 27 heavy (non-hydrogen) atoms. The Balaban J connectivity index is 1.30. The van der Waals surface area contributed by atoms with Gasteiger partial charge in [0.1, 0.15) is 0 Å². The molecule has 4 rings (SSSR count). The van der Waals surface area contributed by atoms with Gasteiger partial charge in [-0.2, -0.15) is 4.98 Å². The van der Waals surface area contributed by atoms with Crippen LogP contribution in [0.1, 0.15) is 18.7 Å². The van der Waals surface area contributed by atoms with Crippen molar-refractivity contribution in [3.63, 3.8) is 0 Å². The molecule has 0 saturated carbocycles. The summed E-state index contributed by atoms with van der Waals surface area (Å²) in [6.07, 6.45) is 2.95. The van der Waals surface area contributed by atoms with E-state index in [9.17, 15) is 0 Å². The minimum absolute atomic E-state index is 0.315. The van der Waals surface area contributed by atoms with Crippen molar-refractivity contribution >= 4 is 17.6 Å². The van der Waals surface area contributed by atoms with Gasteiger partial charge in [-0.15, -0.1) is 0 Å². The van der Waals surface area contributed by atoms with Crippen molar-refractivity contribution in [3.8, 4) is 11.4 Å². The third-order valence-corrected chi connectivity index (χ3v) is 5.54. The molecule has 2 aliphatic heterocycles. The lowest BCUT2D eigenvalue weighted by molar-refractivity contribution is 0.156. The fourth-order valence-electron chi connectivity index (χ4n) is 3.80. The maximum Gasteiger partial charge on any atom is 0.228 e. The molecule has 7 nitrogen and oxygen atoms in total. The number of likely N-dealkylation sites (tertiary alicyclic amines) is 1. The van der Waals surface area contributed by atoms with Crippen LogP contribution in [0.15, 0.2) is 33.8 Å². The molecule has 0 amide bonds. The first-order valence-corrected chi connectivity index (χ1v) is 9.67. The van der Waals surface area contributed by atoms with Crippen LogP contribution < -0.4 is 5.32 Å². The lowest BCUT2D eigenvalue weighted by Crippen LogP contribution is -2.42. The van der Waals surface area contributed by atoms with Crippen LogP contribution in [0.25, 0.3) is 11.4 Å². The van der Waals surface area contributed by atoms with E-state index in [1.54, 1.807) is 0 Å². The van der Waals surface area contributed by atoms with Crippen LogP contribution in [0.5, 0.6) is 0 Å². The Bertz CT molecular complexity index is 816. The Morgan fingerprint density at radius 1 is 1.41 bits per heavy atom. The van der Waals surface area contributed by atoms with Crippen LogP contribution in [0.2, 0.25) is 5.02 Å². The van der Waals surface area contributed by atoms with E-state index >= 15 is 0 Å². The van der Waals surface area contributed by atoms with Gasteiger partial charge in [-0.05, 0) is 25.0 Å². The van der Waals surface area contributed by atoms with Crippen molar-refractivity contribution in [2.75, 3.05) is 39.9 Å². The molecular weight excluding hydrogens is 366 g/mol. The van der Waals surface area contributed by atoms with Gasteiger partial charge in [0.25, 0.3) is 0 Å². The van der Waals surface area contributed by atoms with Gasteiger partial charge >= 0.3 is 0 Å². The SMILES string of the molecule is CN=C(NCCc1nc(-c2cccc(Cl)c2)no1)N1CCC2(CCOC2)C1. The Morgan fingerprint density at radius 2 is 2.33 bits per heavy atom. The highest BCUT2D eigenvalue weighted by Crippen LogP contribution is 2.38. The summed E-state index contributed by atoms with van der Waals surface area (Å²) in [5.41, 5.74) is 1.16. The van der Waals surface area contributed by atoms with E-state index in [4.69, 9.17) is 20.9 Å². The zero-order valence-corrected chi connectivity index (χ0v) is 16.2. The third-order valence-electron chi connectivity index (χ3n) is 5.31. The average Bonchev–Trinajstić information content (AvgIpc) is 3.41. The van der Waals surface area contributed by atoms with Crippen LogP contribution >= 0.6 is 11.6 Å². The van der Waals surface area contributed by atoms with E-state index in [1.807, 2.05) is 31.3 Å². The summed E-state index contributed by atoms with van der Waals surface area (Å²) >= 11 is 6.02. The second-order valence-electron chi connectivity index (χ2n) is 7.22. The number of aliphatic imine (C=N–C) groups is 1. The quantitative estimate of drug-likeness (QED) is 0.640. The fourth-order valence-corrected chi connectivity index (χ4v) is 3.99. The standard InChI is InChI=1S/C19H24ClN5O2/c1-21-18(25-9-6-19(12-25)7-10-26-13-19)22-8-5-16-23-17(24-27-16)14-3-2-4-15(20)11-14/h2-4,11H,5-10,12-13H2,1H3,(H,21,22). The van der Waals surface area contributed by atoms with Gasteiger partial charge < -0.3 is 19.5 Å². The van der Waals surface area contributed by atoms with E-state index in [0.29, 0.717) is 35.1 Å². The highest BCUT2D eigenvalue weighted by molar-refractivity contribution is 6.30. The van der Waals surface area contributed by atoms with Crippen LogP contribution in [0.3, 0.4) is 0 Å². The number of halogens is 1. The highest BCUT2D eigenvalue weighted by atomic mass is 35.5. The summed E-state index contributed by atoms with van der Waals surface area (Å²) < 4.78 is 11.0. The number of aromatic nitrogens is 2. The smallest absolute Gasteiger partial charge is 0.228 e. The highest BCUT2D eigenvalue weighted by Gasteiger charge is 2.42. The summed E-state index contributed by atoms with van der Waals surface area (Å²) in [5, 5.41) is 8.11. The summed E-state index contributed by atoms with van der Waals surface area (Å²) in [5.74, 6) is 2.07. The van der Waals surface area contributed by atoms with E-state index in [-0.39, 0.29) is 0 Å². The minimum atomic E-state index is 0.315. The van der Waals surface area contributed by atoms with E-state index in [0.717, 1.165) is 44.2 Å². The number of nitrogens with one attached hydrogen (secondary N) is 1. The van der Waals surface area contributed by atoms with Crippen molar-refractivity contribution in [3.05, 3.63) is 35.2 Å². The van der Waals surface area contributed by atoms with Crippen molar-refractivity contribution < 1.29 is 9.26 Å². The maximum atomic E-state index is 6.02. The van der Waals surface area contributed by atoms with Crippen molar-refractivity contribution in [1.29, 1.82) is 0 Å². The molecule has 1 aromatic heterocycles. The molecule has 1 unspecified atom stereocenters. The lowest BCUT2D eigenvalue weighted by atomic mass is 9.87. The van der Waals surface area contributed by atoms with Crippen LogP contribution in [-0.2, 0) is 11.2 Å². The number of hydrogen-bond acceptors (Lipinski definition) is 5. The molecule has 2 saturated heterocycles. The van der Waals surface area contributed by atoms with Crippen LogP contribution in [0.4, 0.5) is 0 Å². The molecule has 1 N–H and O–H groups in total. The predicted octanol–water partition coefficient (Wildman–Crippen LogP) is 2.62. The van der Waals surface area contributed by atoms with E-state index < -0.39 is 0 Å². The molecule has 144 valence electrons. The molecule has 2 aromatic rings. The zero-order chi connectivity index (χ0) is 18.7. The van der Waals surface area contributed by atoms with Gasteiger partial charge in [-0.3, -0.25) is 4.99 Å². The predicted molar refractivity (Wildman–Crippen MR) is 104 cm³/mol. The molecule has 2 aliphatic rings. The Hall–Kier alpha value is -2.12. The number of rotatable bonds is 4. The fraction of sp³-hybridized carbons (Fsp3) is 0.526.